The van der Waals surface area contributed by atoms with E-state index in [2.05, 4.69) is 17.6 Å². The maximum Gasteiger partial charge on any atom is 0.319 e. The molecule has 0 aliphatic carbocycles. The number of nitrogens with one attached hydrogen (secondary N) is 2. The van der Waals surface area contributed by atoms with Crippen LogP contribution in [0.5, 0.6) is 0 Å². The van der Waals surface area contributed by atoms with Gasteiger partial charge in [-0.3, -0.25) is 0 Å². The second-order valence-corrected chi connectivity index (χ2v) is 7.98. The largest absolute Gasteiger partial charge is 0.335 e. The average Bonchev–Trinajstić information content (AvgIpc) is 2.49. The summed E-state index contributed by atoms with van der Waals surface area (Å²) in [6.45, 7) is 4.93. The Morgan fingerprint density at radius 3 is 2.52 bits per heavy atom. The molecule has 128 valence electrons. The van der Waals surface area contributed by atoms with Gasteiger partial charge in [-0.25, -0.2) is 17.5 Å². The van der Waals surface area contributed by atoms with Gasteiger partial charge in [0.2, 0.25) is 10.0 Å². The molecule has 1 aliphatic heterocycles. The fourth-order valence-electron chi connectivity index (χ4n) is 2.87. The van der Waals surface area contributed by atoms with Crippen LogP contribution in [-0.2, 0) is 16.4 Å². The zero-order valence-corrected chi connectivity index (χ0v) is 14.7. The van der Waals surface area contributed by atoms with Crippen LogP contribution in [-0.4, -0.2) is 44.1 Å². The number of para-hydroxylation sites is 1. The third kappa shape index (κ3) is 4.68. The van der Waals surface area contributed by atoms with Crippen molar-refractivity contribution >= 4 is 21.7 Å². The molecule has 1 saturated heterocycles. The number of aryl methyl sites for hydroxylation is 2. The second-order valence-electron chi connectivity index (χ2n) is 6.00. The summed E-state index contributed by atoms with van der Waals surface area (Å²) in [6, 6.07) is 5.74. The predicted molar refractivity (Wildman–Crippen MR) is 92.2 cm³/mol. The molecule has 0 saturated carbocycles. The highest BCUT2D eigenvalue weighted by Crippen LogP contribution is 2.21. The Kier molecular flexibility index (Phi) is 5.64. The first-order chi connectivity index (χ1) is 10.8. The Balaban J connectivity index is 1.92. The third-order valence-corrected chi connectivity index (χ3v) is 5.54. The fourth-order valence-corrected chi connectivity index (χ4v) is 3.74. The van der Waals surface area contributed by atoms with Crippen LogP contribution in [0.2, 0.25) is 0 Å². The summed E-state index contributed by atoms with van der Waals surface area (Å²) in [5.74, 6) is 0. The molecule has 2 rings (SSSR count). The number of nitrogens with zero attached hydrogens (tertiary/aromatic N) is 1. The molecule has 1 aromatic rings. The van der Waals surface area contributed by atoms with E-state index in [0.717, 1.165) is 23.2 Å². The average molecular weight is 339 g/mol. The van der Waals surface area contributed by atoms with Crippen molar-refractivity contribution in [1.82, 2.24) is 9.62 Å². The Bertz CT molecular complexity index is 665. The smallest absolute Gasteiger partial charge is 0.319 e. The maximum absolute atomic E-state index is 12.2. The van der Waals surface area contributed by atoms with Crippen molar-refractivity contribution in [2.24, 2.45) is 0 Å². The summed E-state index contributed by atoms with van der Waals surface area (Å²) < 4.78 is 24.4. The van der Waals surface area contributed by atoms with Crippen LogP contribution in [0.15, 0.2) is 18.2 Å². The van der Waals surface area contributed by atoms with E-state index in [-0.39, 0.29) is 12.1 Å². The molecule has 6 nitrogen and oxygen atoms in total. The number of hydrogen-bond acceptors (Lipinski definition) is 3. The molecule has 2 N–H and O–H groups in total. The molecule has 0 radical (unpaired) electrons. The van der Waals surface area contributed by atoms with Crippen LogP contribution in [0.25, 0.3) is 0 Å². The molecule has 1 heterocycles. The molecule has 0 unspecified atom stereocenters. The summed E-state index contributed by atoms with van der Waals surface area (Å²) >= 11 is 0. The lowest BCUT2D eigenvalue weighted by Gasteiger charge is -2.30. The number of hydrogen-bond donors (Lipinski definition) is 2. The Hall–Kier alpha value is -1.60. The second kappa shape index (κ2) is 7.31. The summed E-state index contributed by atoms with van der Waals surface area (Å²) in [4.78, 5) is 12.2. The molecular weight excluding hydrogens is 314 g/mol. The molecule has 1 fully saturated rings. The highest BCUT2D eigenvalue weighted by Gasteiger charge is 2.25. The lowest BCUT2D eigenvalue weighted by Crippen LogP contribution is -2.47. The Morgan fingerprint density at radius 1 is 1.30 bits per heavy atom. The number of piperidine rings is 1. The van der Waals surface area contributed by atoms with Gasteiger partial charge in [0.15, 0.2) is 0 Å². The van der Waals surface area contributed by atoms with E-state index in [9.17, 15) is 13.2 Å². The van der Waals surface area contributed by atoms with Crippen molar-refractivity contribution in [3.63, 3.8) is 0 Å². The van der Waals surface area contributed by atoms with E-state index in [0.29, 0.717) is 25.9 Å². The van der Waals surface area contributed by atoms with Crippen molar-refractivity contribution in [3.8, 4) is 0 Å². The number of rotatable bonds is 4. The normalized spacial score (nSPS) is 17.0. The standard InChI is InChI=1S/C16H25N3O3S/c1-4-13-7-5-6-12(2)15(13)18-16(20)17-14-8-10-19(11-9-14)23(3,21)22/h5-7,14H,4,8-11H2,1-3H3,(H2,17,18,20). The van der Waals surface area contributed by atoms with E-state index in [1.807, 2.05) is 25.1 Å². The van der Waals surface area contributed by atoms with E-state index < -0.39 is 10.0 Å². The number of carbonyl (C=O) groups excluding carboxylic acids is 1. The summed E-state index contributed by atoms with van der Waals surface area (Å²) in [7, 11) is -3.14. The lowest BCUT2D eigenvalue weighted by atomic mass is 10.1. The van der Waals surface area contributed by atoms with Crippen molar-refractivity contribution in [2.75, 3.05) is 24.7 Å². The van der Waals surface area contributed by atoms with E-state index in [1.165, 1.54) is 10.6 Å². The van der Waals surface area contributed by atoms with Gasteiger partial charge in [0.25, 0.3) is 0 Å². The third-order valence-electron chi connectivity index (χ3n) is 4.24. The number of amides is 2. The topological polar surface area (TPSA) is 78.5 Å². The number of sulfonamides is 1. The molecule has 1 aliphatic rings. The first kappa shape index (κ1) is 17.7. The minimum absolute atomic E-state index is 0.00194. The molecular formula is C16H25N3O3S. The van der Waals surface area contributed by atoms with E-state index >= 15 is 0 Å². The molecule has 0 atom stereocenters. The zero-order valence-electron chi connectivity index (χ0n) is 13.9. The van der Waals surface area contributed by atoms with Crippen molar-refractivity contribution in [3.05, 3.63) is 29.3 Å². The summed E-state index contributed by atoms with van der Waals surface area (Å²) in [5, 5.41) is 5.88. The predicted octanol–water partition coefficient (Wildman–Crippen LogP) is 2.10. The van der Waals surface area contributed by atoms with Crippen LogP contribution in [0.4, 0.5) is 10.5 Å². The van der Waals surface area contributed by atoms with Gasteiger partial charge in [0, 0.05) is 24.8 Å². The SMILES string of the molecule is CCc1cccc(C)c1NC(=O)NC1CCN(S(C)(=O)=O)CC1. The monoisotopic (exact) mass is 339 g/mol. The van der Waals surface area contributed by atoms with Gasteiger partial charge in [-0.1, -0.05) is 25.1 Å². The quantitative estimate of drug-likeness (QED) is 0.882. The van der Waals surface area contributed by atoms with Gasteiger partial charge < -0.3 is 10.6 Å². The highest BCUT2D eigenvalue weighted by atomic mass is 32.2. The highest BCUT2D eigenvalue weighted by molar-refractivity contribution is 7.88. The molecule has 1 aromatic carbocycles. The molecule has 0 spiro atoms. The first-order valence-electron chi connectivity index (χ1n) is 7.92. The van der Waals surface area contributed by atoms with Crippen molar-refractivity contribution < 1.29 is 13.2 Å². The fraction of sp³-hybridized carbons (Fsp3) is 0.562. The van der Waals surface area contributed by atoms with Gasteiger partial charge in [0.05, 0.1) is 6.26 Å². The summed E-state index contributed by atoms with van der Waals surface area (Å²) in [6.07, 6.45) is 3.34. The first-order valence-corrected chi connectivity index (χ1v) is 9.77. The lowest BCUT2D eigenvalue weighted by molar-refractivity contribution is 0.238. The molecule has 2 amide bonds. The minimum Gasteiger partial charge on any atom is -0.335 e. The number of carbonyl (C=O) groups is 1. The zero-order chi connectivity index (χ0) is 17.0. The number of anilines is 1. The van der Waals surface area contributed by atoms with Gasteiger partial charge in [-0.2, -0.15) is 0 Å². The van der Waals surface area contributed by atoms with Gasteiger partial charge in [-0.05, 0) is 37.3 Å². The van der Waals surface area contributed by atoms with Crippen molar-refractivity contribution in [1.29, 1.82) is 0 Å². The van der Waals surface area contributed by atoms with E-state index in [1.54, 1.807) is 0 Å². The Labute approximate surface area is 138 Å². The number of benzene rings is 1. The van der Waals surface area contributed by atoms with Crippen LogP contribution in [0, 0.1) is 6.92 Å². The van der Waals surface area contributed by atoms with E-state index in [4.69, 9.17) is 0 Å². The molecule has 0 bridgehead atoms. The Morgan fingerprint density at radius 2 is 1.96 bits per heavy atom. The molecule has 23 heavy (non-hydrogen) atoms. The van der Waals surface area contributed by atoms with Crippen LogP contribution in [0.1, 0.15) is 30.9 Å². The van der Waals surface area contributed by atoms with Gasteiger partial charge in [-0.15, -0.1) is 0 Å². The van der Waals surface area contributed by atoms with Gasteiger partial charge in [0.1, 0.15) is 0 Å². The van der Waals surface area contributed by atoms with Gasteiger partial charge >= 0.3 is 6.03 Å². The number of urea groups is 1. The van der Waals surface area contributed by atoms with Crippen LogP contribution in [0.3, 0.4) is 0 Å². The van der Waals surface area contributed by atoms with Crippen molar-refractivity contribution in [2.45, 2.75) is 39.2 Å². The molecule has 7 heteroatoms. The molecule has 0 aromatic heterocycles. The maximum atomic E-state index is 12.2. The van der Waals surface area contributed by atoms with Crippen LogP contribution >= 0.6 is 0 Å². The minimum atomic E-state index is -3.14. The van der Waals surface area contributed by atoms with Crippen LogP contribution < -0.4 is 10.6 Å². The summed E-state index contributed by atoms with van der Waals surface area (Å²) in [5.41, 5.74) is 3.00.